The highest BCUT2D eigenvalue weighted by Crippen LogP contribution is 2.46. The molecule has 0 aliphatic carbocycles. The lowest BCUT2D eigenvalue weighted by Crippen LogP contribution is -2.08. The van der Waals surface area contributed by atoms with Crippen molar-refractivity contribution in [3.05, 3.63) is 108 Å². The van der Waals surface area contributed by atoms with Gasteiger partial charge in [-0.3, -0.25) is 0 Å². The smallest absolute Gasteiger partial charge is 0.237 e. The zero-order chi connectivity index (χ0) is 28.8. The van der Waals surface area contributed by atoms with Gasteiger partial charge in [-0.25, -0.2) is 19.9 Å². The van der Waals surface area contributed by atoms with Gasteiger partial charge >= 0.3 is 12.4 Å². The number of pyridine rings is 4. The van der Waals surface area contributed by atoms with Gasteiger partial charge in [0.2, 0.25) is 0 Å². The maximum Gasteiger partial charge on any atom is 0.417 e. The lowest BCUT2D eigenvalue weighted by Gasteiger charge is -2.18. The van der Waals surface area contributed by atoms with Crippen LogP contribution in [0.2, 0.25) is 0 Å². The van der Waals surface area contributed by atoms with Crippen LogP contribution in [-0.2, 0) is 12.4 Å². The summed E-state index contributed by atoms with van der Waals surface area (Å²) < 4.78 is 84.3. The first-order chi connectivity index (χ1) is 19.6. The van der Waals surface area contributed by atoms with E-state index in [4.69, 9.17) is 0 Å². The predicted molar refractivity (Wildman–Crippen MR) is 144 cm³/mol. The molecular weight excluding hydrogens is 562 g/mol. The maximum absolute atomic E-state index is 14.1. The van der Waals surface area contributed by atoms with E-state index in [0.29, 0.717) is 10.8 Å². The fraction of sp³-hybridized carbons (Fsp3) is 0.0667. The number of fused-ring (bicyclic) bond motifs is 2. The van der Waals surface area contributed by atoms with Crippen LogP contribution in [0.25, 0.3) is 44.3 Å². The highest BCUT2D eigenvalue weighted by atomic mass is 32.2. The molecule has 11 heteroatoms. The van der Waals surface area contributed by atoms with Gasteiger partial charge in [-0.15, -0.1) is 0 Å². The molecule has 4 heterocycles. The first-order valence-electron chi connectivity index (χ1n) is 12.1. The Balaban J connectivity index is 1.62. The van der Waals surface area contributed by atoms with Crippen molar-refractivity contribution in [3.63, 3.8) is 0 Å². The highest BCUT2D eigenvalue weighted by Gasteiger charge is 2.35. The highest BCUT2D eigenvalue weighted by molar-refractivity contribution is 7.99. The Hall–Kier alpha value is -4.51. The van der Waals surface area contributed by atoms with Gasteiger partial charge in [-0.05, 0) is 71.4 Å². The second-order valence-electron chi connectivity index (χ2n) is 8.97. The molecule has 204 valence electrons. The third-order valence-corrected chi connectivity index (χ3v) is 7.36. The predicted octanol–water partition coefficient (Wildman–Crippen LogP) is 9.10. The Labute approximate surface area is 233 Å². The van der Waals surface area contributed by atoms with Crippen LogP contribution in [0.1, 0.15) is 11.1 Å². The topological polar surface area (TPSA) is 51.6 Å². The molecule has 4 aromatic heterocycles. The number of rotatable bonds is 4. The Bertz CT molecular complexity index is 1780. The molecule has 0 saturated heterocycles. The van der Waals surface area contributed by atoms with Crippen molar-refractivity contribution in [2.24, 2.45) is 0 Å². The third kappa shape index (κ3) is 5.20. The zero-order valence-electron chi connectivity index (χ0n) is 20.7. The molecule has 0 atom stereocenters. The number of hydrogen-bond acceptors (Lipinski definition) is 5. The van der Waals surface area contributed by atoms with Crippen LogP contribution < -0.4 is 0 Å². The first-order valence-corrected chi connectivity index (χ1v) is 12.9. The van der Waals surface area contributed by atoms with Gasteiger partial charge in [0.05, 0.1) is 11.1 Å². The van der Waals surface area contributed by atoms with Crippen LogP contribution in [0.5, 0.6) is 0 Å². The number of halogens is 6. The van der Waals surface area contributed by atoms with Crippen LogP contribution in [0.3, 0.4) is 0 Å². The SMILES string of the molecule is FC(F)(F)c1ccccc1-c1cc2cccnc2nc1Sc1nc2ncccc2cc1-c1ccccc1C(F)(F)F. The Morgan fingerprint density at radius 1 is 0.488 bits per heavy atom. The fourth-order valence-corrected chi connectivity index (χ4v) is 5.55. The molecule has 0 fully saturated rings. The summed E-state index contributed by atoms with van der Waals surface area (Å²) in [5.41, 5.74) is -1.19. The van der Waals surface area contributed by atoms with Gasteiger partial charge in [0.25, 0.3) is 0 Å². The van der Waals surface area contributed by atoms with Gasteiger partial charge in [0, 0.05) is 34.3 Å². The number of benzene rings is 2. The minimum absolute atomic E-state index is 0.0985. The van der Waals surface area contributed by atoms with E-state index in [1.165, 1.54) is 48.8 Å². The van der Waals surface area contributed by atoms with Crippen molar-refractivity contribution in [1.29, 1.82) is 0 Å². The summed E-state index contributed by atoms with van der Waals surface area (Å²) in [6.07, 6.45) is -6.33. The molecule has 2 aromatic carbocycles. The van der Waals surface area contributed by atoms with Crippen molar-refractivity contribution in [2.45, 2.75) is 22.4 Å². The molecule has 0 aliphatic heterocycles. The van der Waals surface area contributed by atoms with Gasteiger partial charge < -0.3 is 0 Å². The summed E-state index contributed by atoms with van der Waals surface area (Å²) in [6.45, 7) is 0. The van der Waals surface area contributed by atoms with Crippen molar-refractivity contribution >= 4 is 33.8 Å². The van der Waals surface area contributed by atoms with Gasteiger partial charge in [-0.2, -0.15) is 26.3 Å². The normalized spacial score (nSPS) is 12.2. The largest absolute Gasteiger partial charge is 0.417 e. The molecule has 0 spiro atoms. The molecule has 6 rings (SSSR count). The van der Waals surface area contributed by atoms with Crippen LogP contribution in [0, 0.1) is 0 Å². The number of nitrogens with zero attached hydrogens (tertiary/aromatic N) is 4. The van der Waals surface area contributed by atoms with Gasteiger partial charge in [-0.1, -0.05) is 36.4 Å². The minimum Gasteiger partial charge on any atom is -0.237 e. The molecule has 0 bridgehead atoms. The molecule has 4 nitrogen and oxygen atoms in total. The lowest BCUT2D eigenvalue weighted by molar-refractivity contribution is -0.137. The zero-order valence-corrected chi connectivity index (χ0v) is 21.5. The van der Waals surface area contributed by atoms with Crippen molar-refractivity contribution in [3.8, 4) is 22.3 Å². The quantitative estimate of drug-likeness (QED) is 0.195. The lowest BCUT2D eigenvalue weighted by atomic mass is 9.99. The van der Waals surface area contributed by atoms with E-state index in [2.05, 4.69) is 19.9 Å². The Morgan fingerprint density at radius 2 is 0.902 bits per heavy atom. The second kappa shape index (κ2) is 10.2. The van der Waals surface area contributed by atoms with E-state index < -0.39 is 23.5 Å². The van der Waals surface area contributed by atoms with Crippen LogP contribution in [0.4, 0.5) is 26.3 Å². The molecule has 0 radical (unpaired) electrons. The summed E-state index contributed by atoms with van der Waals surface area (Å²) in [5.74, 6) is 0. The second-order valence-corrected chi connectivity index (χ2v) is 9.95. The van der Waals surface area contributed by atoms with E-state index in [9.17, 15) is 26.3 Å². The molecular formula is C30H16F6N4S. The minimum atomic E-state index is -4.66. The molecule has 0 unspecified atom stereocenters. The number of hydrogen-bond donors (Lipinski definition) is 0. The van der Waals surface area contributed by atoms with Crippen LogP contribution in [0.15, 0.2) is 107 Å². The fourth-order valence-electron chi connectivity index (χ4n) is 4.54. The first kappa shape index (κ1) is 26.7. The summed E-state index contributed by atoms with van der Waals surface area (Å²) in [5, 5.41) is 1.20. The molecule has 0 aliphatic rings. The van der Waals surface area contributed by atoms with E-state index in [0.717, 1.165) is 23.9 Å². The Kier molecular flexibility index (Phi) is 6.61. The van der Waals surface area contributed by atoms with Crippen LogP contribution >= 0.6 is 11.8 Å². The molecule has 41 heavy (non-hydrogen) atoms. The van der Waals surface area contributed by atoms with E-state index in [1.807, 2.05) is 0 Å². The van der Waals surface area contributed by atoms with E-state index >= 15 is 0 Å². The summed E-state index contributed by atoms with van der Waals surface area (Å²) in [7, 11) is 0. The van der Waals surface area contributed by atoms with Gasteiger partial charge in [0.15, 0.2) is 11.3 Å². The van der Waals surface area contributed by atoms with Crippen molar-refractivity contribution < 1.29 is 26.3 Å². The average Bonchev–Trinajstić information content (AvgIpc) is 2.95. The standard InChI is InChI=1S/C30H16F6N4S/c31-29(32,33)23-11-3-1-9-19(23)21-15-17-7-5-13-37-25(17)39-27(21)41-28-22(16-18-8-6-14-38-26(18)40-28)20-10-2-4-12-24(20)30(34,35)36/h1-16H. The summed E-state index contributed by atoms with van der Waals surface area (Å²) in [6, 6.07) is 19.9. The van der Waals surface area contributed by atoms with E-state index in [1.54, 1.807) is 36.4 Å². The van der Waals surface area contributed by atoms with E-state index in [-0.39, 0.29) is 43.6 Å². The van der Waals surface area contributed by atoms with Crippen molar-refractivity contribution in [1.82, 2.24) is 19.9 Å². The Morgan fingerprint density at radius 3 is 1.32 bits per heavy atom. The number of aromatic nitrogens is 4. The molecule has 0 saturated carbocycles. The van der Waals surface area contributed by atoms with Crippen LogP contribution in [-0.4, -0.2) is 19.9 Å². The molecule has 0 amide bonds. The monoisotopic (exact) mass is 578 g/mol. The number of alkyl halides is 6. The molecule has 6 aromatic rings. The van der Waals surface area contributed by atoms with Crippen molar-refractivity contribution in [2.75, 3.05) is 0 Å². The average molecular weight is 579 g/mol. The molecule has 0 N–H and O–H groups in total. The van der Waals surface area contributed by atoms with Gasteiger partial charge in [0.1, 0.15) is 10.1 Å². The third-order valence-electron chi connectivity index (χ3n) is 6.35. The maximum atomic E-state index is 14.1. The summed E-state index contributed by atoms with van der Waals surface area (Å²) in [4.78, 5) is 17.6. The summed E-state index contributed by atoms with van der Waals surface area (Å²) >= 11 is 0.862.